The molecule has 1 N–H and O–H groups in total. The van der Waals surface area contributed by atoms with E-state index < -0.39 is 5.97 Å². The van der Waals surface area contributed by atoms with Crippen molar-refractivity contribution in [1.82, 2.24) is 5.06 Å². The minimum atomic E-state index is -0.567. The SMILES string of the molecule is CN(C)OC(=O)c1ccccc1O. The number of hydroxylamine groups is 2. The van der Waals surface area contributed by atoms with Gasteiger partial charge in [-0.25, -0.2) is 4.79 Å². The van der Waals surface area contributed by atoms with Gasteiger partial charge in [-0.1, -0.05) is 12.1 Å². The van der Waals surface area contributed by atoms with E-state index >= 15 is 0 Å². The van der Waals surface area contributed by atoms with Crippen LogP contribution in [0, 0.1) is 0 Å². The van der Waals surface area contributed by atoms with Crippen molar-refractivity contribution in [1.29, 1.82) is 0 Å². The van der Waals surface area contributed by atoms with Crippen molar-refractivity contribution in [2.75, 3.05) is 14.1 Å². The van der Waals surface area contributed by atoms with Crippen LogP contribution in [0.25, 0.3) is 0 Å². The fraction of sp³-hybridized carbons (Fsp3) is 0.222. The Labute approximate surface area is 76.3 Å². The van der Waals surface area contributed by atoms with Crippen LogP contribution in [0.15, 0.2) is 24.3 Å². The van der Waals surface area contributed by atoms with Gasteiger partial charge in [0.05, 0.1) is 0 Å². The Kier molecular flexibility index (Phi) is 2.87. The normalized spacial score (nSPS) is 10.1. The van der Waals surface area contributed by atoms with Crippen LogP contribution in [-0.2, 0) is 4.84 Å². The van der Waals surface area contributed by atoms with Gasteiger partial charge < -0.3 is 9.94 Å². The predicted molar refractivity (Wildman–Crippen MR) is 47.2 cm³/mol. The van der Waals surface area contributed by atoms with Crippen molar-refractivity contribution < 1.29 is 14.7 Å². The van der Waals surface area contributed by atoms with Crippen molar-refractivity contribution in [3.05, 3.63) is 29.8 Å². The van der Waals surface area contributed by atoms with Gasteiger partial charge in [0.2, 0.25) is 0 Å². The summed E-state index contributed by atoms with van der Waals surface area (Å²) in [4.78, 5) is 16.0. The number of phenols is 1. The standard InChI is InChI=1S/C9H11NO3/c1-10(2)13-9(12)7-5-3-4-6-8(7)11/h3-6,11H,1-2H3. The number of aromatic hydroxyl groups is 1. The highest BCUT2D eigenvalue weighted by molar-refractivity contribution is 5.92. The fourth-order valence-corrected chi connectivity index (χ4v) is 0.861. The van der Waals surface area contributed by atoms with E-state index in [4.69, 9.17) is 4.84 Å². The molecule has 0 aromatic heterocycles. The molecule has 0 unspecified atom stereocenters. The molecule has 0 fully saturated rings. The summed E-state index contributed by atoms with van der Waals surface area (Å²) in [6.07, 6.45) is 0. The fourth-order valence-electron chi connectivity index (χ4n) is 0.861. The average Bonchev–Trinajstić information content (AvgIpc) is 2.03. The highest BCUT2D eigenvalue weighted by Crippen LogP contribution is 2.16. The quantitative estimate of drug-likeness (QED) is 0.692. The van der Waals surface area contributed by atoms with E-state index in [0.29, 0.717) is 0 Å². The number of carbonyl (C=O) groups is 1. The zero-order chi connectivity index (χ0) is 9.84. The zero-order valence-electron chi connectivity index (χ0n) is 7.52. The number of carbonyl (C=O) groups excluding carboxylic acids is 1. The number of rotatable bonds is 2. The second-order valence-corrected chi connectivity index (χ2v) is 2.71. The van der Waals surface area contributed by atoms with Gasteiger partial charge in [-0.15, -0.1) is 5.06 Å². The highest BCUT2D eigenvalue weighted by Gasteiger charge is 2.12. The molecule has 70 valence electrons. The van der Waals surface area contributed by atoms with Crippen molar-refractivity contribution in [2.24, 2.45) is 0 Å². The summed E-state index contributed by atoms with van der Waals surface area (Å²) in [6, 6.07) is 6.24. The van der Waals surface area contributed by atoms with E-state index in [0.717, 1.165) is 0 Å². The van der Waals surface area contributed by atoms with E-state index in [2.05, 4.69) is 0 Å². The van der Waals surface area contributed by atoms with E-state index in [9.17, 15) is 9.90 Å². The van der Waals surface area contributed by atoms with Crippen LogP contribution in [0.5, 0.6) is 5.75 Å². The van der Waals surface area contributed by atoms with Crippen LogP contribution in [0.3, 0.4) is 0 Å². The van der Waals surface area contributed by atoms with Crippen LogP contribution >= 0.6 is 0 Å². The Balaban J connectivity index is 2.83. The van der Waals surface area contributed by atoms with Crippen LogP contribution in [-0.4, -0.2) is 30.2 Å². The van der Waals surface area contributed by atoms with Crippen LogP contribution in [0.2, 0.25) is 0 Å². The molecule has 0 aliphatic heterocycles. The average molecular weight is 181 g/mol. The minimum Gasteiger partial charge on any atom is -0.507 e. The molecule has 4 nitrogen and oxygen atoms in total. The van der Waals surface area contributed by atoms with Gasteiger partial charge in [-0.05, 0) is 12.1 Å². The lowest BCUT2D eigenvalue weighted by atomic mass is 10.2. The van der Waals surface area contributed by atoms with Crippen molar-refractivity contribution in [2.45, 2.75) is 0 Å². The number of nitrogens with zero attached hydrogens (tertiary/aromatic N) is 1. The Morgan fingerprint density at radius 1 is 1.38 bits per heavy atom. The predicted octanol–water partition coefficient (Wildman–Crippen LogP) is 1.03. The lowest BCUT2D eigenvalue weighted by Gasteiger charge is -2.10. The third-order valence-corrected chi connectivity index (χ3v) is 1.39. The molecule has 0 heterocycles. The Hall–Kier alpha value is -1.55. The first-order valence-electron chi connectivity index (χ1n) is 3.79. The molecule has 1 rings (SSSR count). The topological polar surface area (TPSA) is 49.8 Å². The maximum atomic E-state index is 11.3. The maximum Gasteiger partial charge on any atom is 0.360 e. The van der Waals surface area contributed by atoms with Crippen molar-refractivity contribution >= 4 is 5.97 Å². The van der Waals surface area contributed by atoms with Gasteiger partial charge in [-0.2, -0.15) is 0 Å². The molecule has 0 saturated carbocycles. The van der Waals surface area contributed by atoms with E-state index in [1.54, 1.807) is 26.2 Å². The van der Waals surface area contributed by atoms with Crippen LogP contribution < -0.4 is 0 Å². The first-order chi connectivity index (χ1) is 6.11. The second-order valence-electron chi connectivity index (χ2n) is 2.71. The van der Waals surface area contributed by atoms with Gasteiger partial charge >= 0.3 is 5.97 Å². The number of phenolic OH excluding ortho intramolecular Hbond substituents is 1. The smallest absolute Gasteiger partial charge is 0.360 e. The van der Waals surface area contributed by atoms with Gasteiger partial charge in [0, 0.05) is 14.1 Å². The molecule has 0 spiro atoms. The third-order valence-electron chi connectivity index (χ3n) is 1.39. The zero-order valence-corrected chi connectivity index (χ0v) is 7.52. The number of hydrogen-bond donors (Lipinski definition) is 1. The van der Waals surface area contributed by atoms with Gasteiger partial charge in [0.1, 0.15) is 11.3 Å². The van der Waals surface area contributed by atoms with E-state index in [1.807, 2.05) is 0 Å². The molecule has 0 bridgehead atoms. The minimum absolute atomic E-state index is 0.0747. The molecule has 0 amide bonds. The van der Waals surface area contributed by atoms with Gasteiger partial charge in [-0.3, -0.25) is 0 Å². The number of para-hydroxylation sites is 1. The molecular weight excluding hydrogens is 170 g/mol. The summed E-state index contributed by atoms with van der Waals surface area (Å²) in [5.41, 5.74) is 0.163. The summed E-state index contributed by atoms with van der Waals surface area (Å²) >= 11 is 0. The molecule has 0 radical (unpaired) electrons. The van der Waals surface area contributed by atoms with Gasteiger partial charge in [0.25, 0.3) is 0 Å². The Morgan fingerprint density at radius 2 is 2.00 bits per heavy atom. The van der Waals surface area contributed by atoms with Crippen LogP contribution in [0.1, 0.15) is 10.4 Å². The Bertz CT molecular complexity index is 309. The first-order valence-corrected chi connectivity index (χ1v) is 3.79. The summed E-state index contributed by atoms with van der Waals surface area (Å²) in [6.45, 7) is 0. The summed E-state index contributed by atoms with van der Waals surface area (Å²) in [5.74, 6) is -0.641. The molecule has 0 aliphatic carbocycles. The molecule has 0 saturated heterocycles. The monoisotopic (exact) mass is 181 g/mol. The lowest BCUT2D eigenvalue weighted by Crippen LogP contribution is -2.18. The van der Waals surface area contributed by atoms with E-state index in [-0.39, 0.29) is 11.3 Å². The third kappa shape index (κ3) is 2.45. The Morgan fingerprint density at radius 3 is 2.54 bits per heavy atom. The lowest BCUT2D eigenvalue weighted by molar-refractivity contribution is -0.0715. The van der Waals surface area contributed by atoms with Crippen molar-refractivity contribution in [3.63, 3.8) is 0 Å². The number of hydrogen-bond acceptors (Lipinski definition) is 4. The molecule has 0 atom stereocenters. The van der Waals surface area contributed by atoms with Crippen molar-refractivity contribution in [3.8, 4) is 5.75 Å². The highest BCUT2D eigenvalue weighted by atomic mass is 16.7. The molecule has 1 aromatic rings. The molecule has 4 heteroatoms. The van der Waals surface area contributed by atoms with Gasteiger partial charge in [0.15, 0.2) is 0 Å². The molecule has 13 heavy (non-hydrogen) atoms. The summed E-state index contributed by atoms with van der Waals surface area (Å²) in [5, 5.41) is 10.5. The molecule has 0 aliphatic rings. The first kappa shape index (κ1) is 9.54. The maximum absolute atomic E-state index is 11.3. The molecular formula is C9H11NO3. The molecule has 1 aromatic carbocycles. The number of benzene rings is 1. The second kappa shape index (κ2) is 3.91. The largest absolute Gasteiger partial charge is 0.507 e. The summed E-state index contributed by atoms with van der Waals surface area (Å²) < 4.78 is 0. The summed E-state index contributed by atoms with van der Waals surface area (Å²) in [7, 11) is 3.19. The van der Waals surface area contributed by atoms with E-state index in [1.165, 1.54) is 17.2 Å². The van der Waals surface area contributed by atoms with Crippen LogP contribution in [0.4, 0.5) is 0 Å².